The highest BCUT2D eigenvalue weighted by atomic mass is 19.1. The SMILES string of the molecule is CC1Cc2ccccc2C1O.CCC#Cc1ccc(C)cc1.CCC1CC1C.CCCCOc1ccc(F)cc1.CCCc1ccc(-c2ccccc2)cc1.CCCc1ccc(OC)cc1. The highest BCUT2D eigenvalue weighted by Gasteiger charge is 2.29. The third-order valence-electron chi connectivity index (χ3n) is 11.6. The minimum absolute atomic E-state index is 0.224. The van der Waals surface area contributed by atoms with Crippen molar-refractivity contribution in [1.82, 2.24) is 0 Å². The molecule has 4 unspecified atom stereocenters. The molecule has 4 heteroatoms. The summed E-state index contributed by atoms with van der Waals surface area (Å²) in [6.07, 6.45) is 11.5. The van der Waals surface area contributed by atoms with Crippen LogP contribution in [0.5, 0.6) is 11.5 Å². The van der Waals surface area contributed by atoms with E-state index < -0.39 is 0 Å². The molecule has 0 heterocycles. The number of hydrogen-bond donors (Lipinski definition) is 1. The van der Waals surface area contributed by atoms with Gasteiger partial charge in [0.2, 0.25) is 0 Å². The van der Waals surface area contributed by atoms with Crippen LogP contribution in [0.25, 0.3) is 11.1 Å². The van der Waals surface area contributed by atoms with E-state index in [-0.39, 0.29) is 11.9 Å². The summed E-state index contributed by atoms with van der Waals surface area (Å²) in [5.41, 5.74) is 10.2. The molecule has 2 aliphatic rings. The highest BCUT2D eigenvalue weighted by molar-refractivity contribution is 5.63. The fourth-order valence-corrected chi connectivity index (χ4v) is 7.30. The number of benzene rings is 6. The fraction of sp³-hybridized carbons (Fsp3) is 0.387. The van der Waals surface area contributed by atoms with Crippen LogP contribution in [-0.4, -0.2) is 18.8 Å². The standard InChI is InChI=1S/C15H16.C11H12.C10H13FO.C10H12O.C10H14O.C6H12/c1-2-6-13-9-11-15(12-10-13)14-7-4-3-5-8-14;1-3-4-5-11-8-6-10(2)7-9-11;1-2-3-8-12-10-6-4-9(11)5-7-10;1-7-6-8-4-2-3-5-9(8)10(7)11;1-3-4-9-5-7-10(11-2)8-6-9;1-3-6-4-5(6)2/h3-5,7-12H,2,6H2,1H3;6-9H,3H2,1-2H3;4-7H,2-3,8H2,1H3;2-5,7,10-11H,6H2,1H3;5-8H,3-4H2,1-2H3;5-6H,3-4H2,1-2H3. The molecule has 352 valence electrons. The molecule has 8 rings (SSSR count). The molecule has 1 fully saturated rings. The topological polar surface area (TPSA) is 38.7 Å². The average molecular weight is 891 g/mol. The molecule has 0 bridgehead atoms. The van der Waals surface area contributed by atoms with E-state index in [4.69, 9.17) is 9.47 Å². The van der Waals surface area contributed by atoms with Crippen molar-refractivity contribution in [3.05, 3.63) is 191 Å². The number of aryl methyl sites for hydroxylation is 3. The van der Waals surface area contributed by atoms with Crippen molar-refractivity contribution in [3.8, 4) is 34.5 Å². The van der Waals surface area contributed by atoms with Crippen LogP contribution < -0.4 is 9.47 Å². The molecular weight excluding hydrogens is 812 g/mol. The summed E-state index contributed by atoms with van der Waals surface area (Å²) < 4.78 is 22.8. The zero-order chi connectivity index (χ0) is 47.9. The zero-order valence-corrected chi connectivity index (χ0v) is 41.7. The second kappa shape index (κ2) is 32.1. The number of hydrogen-bond acceptors (Lipinski definition) is 3. The van der Waals surface area contributed by atoms with Crippen molar-refractivity contribution in [3.63, 3.8) is 0 Å². The first kappa shape index (κ1) is 54.7. The Hall–Kier alpha value is -5.63. The number of aliphatic hydroxyl groups is 1. The Labute approximate surface area is 399 Å². The van der Waals surface area contributed by atoms with Crippen LogP contribution in [0.15, 0.2) is 152 Å². The number of fused-ring (bicyclic) bond motifs is 1. The molecule has 4 atom stereocenters. The maximum Gasteiger partial charge on any atom is 0.123 e. The van der Waals surface area contributed by atoms with Gasteiger partial charge in [0, 0.05) is 12.0 Å². The Morgan fingerprint density at radius 3 is 1.67 bits per heavy atom. The monoisotopic (exact) mass is 891 g/mol. The molecule has 0 radical (unpaired) electrons. The van der Waals surface area contributed by atoms with Crippen LogP contribution in [0.3, 0.4) is 0 Å². The predicted octanol–water partition coefficient (Wildman–Crippen LogP) is 16.7. The predicted molar refractivity (Wildman–Crippen MR) is 280 cm³/mol. The highest BCUT2D eigenvalue weighted by Crippen LogP contribution is 2.40. The summed E-state index contributed by atoms with van der Waals surface area (Å²) in [6, 6.07) is 50.1. The Kier molecular flexibility index (Phi) is 26.6. The van der Waals surface area contributed by atoms with E-state index in [1.165, 1.54) is 77.6 Å². The number of methoxy groups -OCH3 is 1. The summed E-state index contributed by atoms with van der Waals surface area (Å²) in [7, 11) is 1.69. The molecule has 0 spiro atoms. The van der Waals surface area contributed by atoms with Gasteiger partial charge in [-0.2, -0.15) is 0 Å². The average Bonchev–Trinajstić information content (AvgIpc) is 4.01. The lowest BCUT2D eigenvalue weighted by Crippen LogP contribution is -2.00. The van der Waals surface area contributed by atoms with Gasteiger partial charge in [0.15, 0.2) is 0 Å². The molecule has 1 saturated carbocycles. The van der Waals surface area contributed by atoms with Crippen LogP contribution in [0, 0.1) is 42.3 Å². The third-order valence-corrected chi connectivity index (χ3v) is 11.6. The van der Waals surface area contributed by atoms with Gasteiger partial charge < -0.3 is 14.6 Å². The molecule has 0 saturated heterocycles. The van der Waals surface area contributed by atoms with Gasteiger partial charge in [0.25, 0.3) is 0 Å². The first-order chi connectivity index (χ1) is 32.0. The van der Waals surface area contributed by atoms with Gasteiger partial charge in [-0.25, -0.2) is 4.39 Å². The van der Waals surface area contributed by atoms with Gasteiger partial charge in [0.1, 0.15) is 17.3 Å². The Bertz CT molecular complexity index is 2200. The number of aliphatic hydroxyl groups excluding tert-OH is 1. The van der Waals surface area contributed by atoms with Crippen LogP contribution in [0.1, 0.15) is 133 Å². The van der Waals surface area contributed by atoms with E-state index in [9.17, 15) is 9.50 Å². The van der Waals surface area contributed by atoms with E-state index in [1.807, 2.05) is 30.3 Å². The Morgan fingerprint density at radius 1 is 0.621 bits per heavy atom. The maximum absolute atomic E-state index is 12.4. The van der Waals surface area contributed by atoms with E-state index in [1.54, 1.807) is 19.2 Å². The third kappa shape index (κ3) is 21.6. The van der Waals surface area contributed by atoms with Gasteiger partial charge in [-0.3, -0.25) is 0 Å². The molecule has 0 aromatic heterocycles. The molecule has 0 aliphatic heterocycles. The number of ether oxygens (including phenoxy) is 2. The van der Waals surface area contributed by atoms with E-state index in [0.29, 0.717) is 12.5 Å². The van der Waals surface area contributed by atoms with E-state index in [2.05, 4.69) is 164 Å². The largest absolute Gasteiger partial charge is 0.497 e. The lowest BCUT2D eigenvalue weighted by atomic mass is 10.0. The lowest BCUT2D eigenvalue weighted by Gasteiger charge is -2.07. The number of rotatable bonds is 11. The maximum atomic E-state index is 12.4. The van der Waals surface area contributed by atoms with Crippen molar-refractivity contribution < 1.29 is 19.0 Å². The van der Waals surface area contributed by atoms with Crippen molar-refractivity contribution >= 4 is 0 Å². The first-order valence-electron chi connectivity index (χ1n) is 24.5. The van der Waals surface area contributed by atoms with E-state index >= 15 is 0 Å². The van der Waals surface area contributed by atoms with Crippen molar-refractivity contribution in [2.45, 2.75) is 126 Å². The second-order valence-corrected chi connectivity index (χ2v) is 17.3. The second-order valence-electron chi connectivity index (χ2n) is 17.3. The minimum Gasteiger partial charge on any atom is -0.497 e. The molecule has 2 aliphatic carbocycles. The van der Waals surface area contributed by atoms with Gasteiger partial charge in [-0.1, -0.05) is 195 Å². The summed E-state index contributed by atoms with van der Waals surface area (Å²) in [6.45, 7) is 18.0. The summed E-state index contributed by atoms with van der Waals surface area (Å²) >= 11 is 0. The van der Waals surface area contributed by atoms with Crippen LogP contribution in [-0.2, 0) is 19.3 Å². The minimum atomic E-state index is -0.230. The molecule has 3 nitrogen and oxygen atoms in total. The van der Waals surface area contributed by atoms with Gasteiger partial charge >= 0.3 is 0 Å². The Balaban J connectivity index is 0.000000213. The van der Waals surface area contributed by atoms with Crippen molar-refractivity contribution in [2.24, 2.45) is 17.8 Å². The normalized spacial score (nSPS) is 15.8. The van der Waals surface area contributed by atoms with Crippen molar-refractivity contribution in [1.29, 1.82) is 0 Å². The molecule has 66 heavy (non-hydrogen) atoms. The van der Waals surface area contributed by atoms with Gasteiger partial charge in [-0.15, -0.1) is 0 Å². The molecule has 0 amide bonds. The van der Waals surface area contributed by atoms with Gasteiger partial charge in [-0.05, 0) is 139 Å². The summed E-state index contributed by atoms with van der Waals surface area (Å²) in [5, 5.41) is 9.65. The van der Waals surface area contributed by atoms with E-state index in [0.717, 1.165) is 66.6 Å². The lowest BCUT2D eigenvalue weighted by molar-refractivity contribution is 0.133. The Morgan fingerprint density at radius 2 is 1.17 bits per heavy atom. The van der Waals surface area contributed by atoms with Crippen LogP contribution in [0.4, 0.5) is 4.39 Å². The number of halogens is 1. The molecular formula is C62H79FO3. The molecule has 6 aromatic carbocycles. The van der Waals surface area contributed by atoms with Gasteiger partial charge in [0.05, 0.1) is 19.8 Å². The smallest absolute Gasteiger partial charge is 0.123 e. The number of unbranched alkanes of at least 4 members (excludes halogenated alkanes) is 1. The zero-order valence-electron chi connectivity index (χ0n) is 41.7. The first-order valence-corrected chi connectivity index (χ1v) is 24.5. The fourth-order valence-electron chi connectivity index (χ4n) is 7.30. The quantitative estimate of drug-likeness (QED) is 0.104. The van der Waals surface area contributed by atoms with Crippen LogP contribution >= 0.6 is 0 Å². The van der Waals surface area contributed by atoms with Crippen molar-refractivity contribution in [2.75, 3.05) is 13.7 Å². The summed E-state index contributed by atoms with van der Waals surface area (Å²) in [5.74, 6) is 10.1. The molecule has 1 N–H and O–H groups in total. The van der Waals surface area contributed by atoms with Crippen LogP contribution in [0.2, 0.25) is 0 Å². The summed E-state index contributed by atoms with van der Waals surface area (Å²) in [4.78, 5) is 0. The molecule has 6 aromatic rings.